The van der Waals surface area contributed by atoms with Crippen LogP contribution in [0, 0.1) is 0 Å². The fourth-order valence-electron chi connectivity index (χ4n) is 2.81. The van der Waals surface area contributed by atoms with Crippen molar-refractivity contribution in [1.29, 1.82) is 0 Å². The monoisotopic (exact) mass is 351 g/mol. The van der Waals surface area contributed by atoms with Gasteiger partial charge >= 0.3 is 0 Å². The molecule has 0 bridgehead atoms. The molecular weight excluding hydrogens is 330 g/mol. The average Bonchev–Trinajstić information content (AvgIpc) is 2.70. The molecule has 0 fully saturated rings. The highest BCUT2D eigenvalue weighted by atomic mass is 16.5. The van der Waals surface area contributed by atoms with Crippen molar-refractivity contribution < 1.29 is 19.0 Å². The number of benzene rings is 3. The van der Waals surface area contributed by atoms with Crippen LogP contribution < -0.4 is 19.5 Å². The minimum absolute atomic E-state index is 0.263. The van der Waals surface area contributed by atoms with Crippen molar-refractivity contribution in [1.82, 2.24) is 5.32 Å². The highest BCUT2D eigenvalue weighted by Crippen LogP contribution is 2.28. The van der Waals surface area contributed by atoms with Gasteiger partial charge in [0.15, 0.2) is 0 Å². The number of hydrogen-bond donors (Lipinski definition) is 1. The third-order valence-corrected chi connectivity index (χ3v) is 4.05. The van der Waals surface area contributed by atoms with Gasteiger partial charge in [-0.2, -0.15) is 0 Å². The molecule has 3 aromatic rings. The zero-order valence-corrected chi connectivity index (χ0v) is 14.8. The molecule has 5 nitrogen and oxygen atoms in total. The summed E-state index contributed by atoms with van der Waals surface area (Å²) in [7, 11) is 3.05. The maximum atomic E-state index is 12.5. The summed E-state index contributed by atoms with van der Waals surface area (Å²) in [5, 5.41) is 5.01. The van der Waals surface area contributed by atoms with Crippen LogP contribution in [0.1, 0.15) is 10.4 Å². The van der Waals surface area contributed by atoms with Gasteiger partial charge in [0.25, 0.3) is 5.91 Å². The molecule has 0 saturated heterocycles. The average molecular weight is 351 g/mol. The standard InChI is InChI=1S/C21H21NO4/c1-24-18-11-6-12-19(25-2)20(18)21(23)22-13-14-26-17-10-5-8-15-7-3-4-9-16(15)17/h3-12H,13-14H2,1-2H3,(H,22,23). The minimum Gasteiger partial charge on any atom is -0.496 e. The van der Waals surface area contributed by atoms with Crippen LogP contribution in [0.25, 0.3) is 10.8 Å². The van der Waals surface area contributed by atoms with E-state index in [1.54, 1.807) is 18.2 Å². The van der Waals surface area contributed by atoms with Crippen molar-refractivity contribution in [3.8, 4) is 17.2 Å². The molecule has 0 aliphatic carbocycles. The van der Waals surface area contributed by atoms with Gasteiger partial charge in [0.2, 0.25) is 0 Å². The van der Waals surface area contributed by atoms with Crippen molar-refractivity contribution in [3.05, 3.63) is 66.2 Å². The SMILES string of the molecule is COc1cccc(OC)c1C(=O)NCCOc1cccc2ccccc12. The smallest absolute Gasteiger partial charge is 0.258 e. The van der Waals surface area contributed by atoms with E-state index in [9.17, 15) is 4.79 Å². The van der Waals surface area contributed by atoms with Gasteiger partial charge in [-0.3, -0.25) is 4.79 Å². The Morgan fingerprint density at radius 3 is 2.19 bits per heavy atom. The van der Waals surface area contributed by atoms with E-state index in [4.69, 9.17) is 14.2 Å². The molecule has 1 amide bonds. The molecule has 134 valence electrons. The van der Waals surface area contributed by atoms with Crippen LogP contribution in [0.5, 0.6) is 17.2 Å². The second kappa shape index (κ2) is 8.25. The second-order valence-corrected chi connectivity index (χ2v) is 5.62. The van der Waals surface area contributed by atoms with E-state index in [2.05, 4.69) is 5.32 Å². The first-order valence-electron chi connectivity index (χ1n) is 8.34. The second-order valence-electron chi connectivity index (χ2n) is 5.62. The van der Waals surface area contributed by atoms with Gasteiger partial charge in [-0.25, -0.2) is 0 Å². The van der Waals surface area contributed by atoms with Crippen LogP contribution in [-0.4, -0.2) is 33.3 Å². The molecule has 0 atom stereocenters. The Hall–Kier alpha value is -3.21. The van der Waals surface area contributed by atoms with Crippen LogP contribution in [0.2, 0.25) is 0 Å². The van der Waals surface area contributed by atoms with E-state index in [0.717, 1.165) is 16.5 Å². The van der Waals surface area contributed by atoms with E-state index in [-0.39, 0.29) is 5.91 Å². The first-order valence-corrected chi connectivity index (χ1v) is 8.34. The summed E-state index contributed by atoms with van der Waals surface area (Å²) in [4.78, 5) is 12.5. The maximum absolute atomic E-state index is 12.5. The van der Waals surface area contributed by atoms with E-state index >= 15 is 0 Å². The molecule has 0 spiro atoms. The lowest BCUT2D eigenvalue weighted by Gasteiger charge is -2.13. The van der Waals surface area contributed by atoms with Gasteiger partial charge in [-0.1, -0.05) is 42.5 Å². The summed E-state index contributed by atoms with van der Waals surface area (Å²) in [6.07, 6.45) is 0. The normalized spacial score (nSPS) is 10.4. The van der Waals surface area contributed by atoms with Crippen LogP contribution in [-0.2, 0) is 0 Å². The Balaban J connectivity index is 1.63. The molecule has 5 heteroatoms. The third-order valence-electron chi connectivity index (χ3n) is 4.05. The van der Waals surface area contributed by atoms with E-state index in [1.165, 1.54) is 14.2 Å². The summed E-state index contributed by atoms with van der Waals surface area (Å²) >= 11 is 0. The number of carbonyl (C=O) groups is 1. The van der Waals surface area contributed by atoms with Crippen molar-refractivity contribution in [2.45, 2.75) is 0 Å². The zero-order chi connectivity index (χ0) is 18.4. The number of hydrogen-bond acceptors (Lipinski definition) is 4. The Morgan fingerprint density at radius 2 is 1.46 bits per heavy atom. The molecule has 26 heavy (non-hydrogen) atoms. The number of carbonyl (C=O) groups excluding carboxylic acids is 1. The molecule has 0 radical (unpaired) electrons. The van der Waals surface area contributed by atoms with E-state index in [1.807, 2.05) is 42.5 Å². The number of ether oxygens (including phenoxy) is 3. The first kappa shape index (κ1) is 17.6. The van der Waals surface area contributed by atoms with Crippen molar-refractivity contribution >= 4 is 16.7 Å². The van der Waals surface area contributed by atoms with Crippen LogP contribution in [0.15, 0.2) is 60.7 Å². The molecule has 0 saturated carbocycles. The summed E-state index contributed by atoms with van der Waals surface area (Å²) in [6, 6.07) is 19.2. The largest absolute Gasteiger partial charge is 0.496 e. The molecule has 0 heterocycles. The first-order chi connectivity index (χ1) is 12.7. The maximum Gasteiger partial charge on any atom is 0.258 e. The van der Waals surface area contributed by atoms with Gasteiger partial charge < -0.3 is 19.5 Å². The van der Waals surface area contributed by atoms with Crippen molar-refractivity contribution in [3.63, 3.8) is 0 Å². The van der Waals surface area contributed by atoms with E-state index in [0.29, 0.717) is 30.2 Å². The van der Waals surface area contributed by atoms with Crippen molar-refractivity contribution in [2.75, 3.05) is 27.4 Å². The van der Waals surface area contributed by atoms with Gasteiger partial charge in [-0.15, -0.1) is 0 Å². The zero-order valence-electron chi connectivity index (χ0n) is 14.8. The number of nitrogens with one attached hydrogen (secondary N) is 1. The predicted octanol–water partition coefficient (Wildman–Crippen LogP) is 3.67. The Labute approximate surface area is 152 Å². The summed E-state index contributed by atoms with van der Waals surface area (Å²) < 4.78 is 16.4. The van der Waals surface area contributed by atoms with Gasteiger partial charge in [0, 0.05) is 5.39 Å². The minimum atomic E-state index is -0.263. The summed E-state index contributed by atoms with van der Waals surface area (Å²) in [5.41, 5.74) is 0.377. The molecule has 0 unspecified atom stereocenters. The fourth-order valence-corrected chi connectivity index (χ4v) is 2.81. The molecule has 0 aliphatic rings. The number of rotatable bonds is 7. The number of fused-ring (bicyclic) bond motifs is 1. The molecule has 3 aromatic carbocycles. The lowest BCUT2D eigenvalue weighted by Crippen LogP contribution is -2.28. The molecular formula is C21H21NO4. The molecule has 3 rings (SSSR count). The third kappa shape index (κ3) is 3.72. The molecule has 0 aliphatic heterocycles. The summed E-state index contributed by atoms with van der Waals surface area (Å²) in [6.45, 7) is 0.723. The predicted molar refractivity (Wildman–Crippen MR) is 101 cm³/mol. The van der Waals surface area contributed by atoms with Gasteiger partial charge in [0.05, 0.1) is 20.8 Å². The van der Waals surface area contributed by atoms with Crippen LogP contribution in [0.3, 0.4) is 0 Å². The number of methoxy groups -OCH3 is 2. The van der Waals surface area contributed by atoms with Gasteiger partial charge in [0.1, 0.15) is 29.4 Å². The Kier molecular flexibility index (Phi) is 5.59. The molecule has 1 N–H and O–H groups in total. The number of amides is 1. The summed E-state index contributed by atoms with van der Waals surface area (Å²) in [5.74, 6) is 1.47. The van der Waals surface area contributed by atoms with Gasteiger partial charge in [-0.05, 0) is 23.6 Å². The Bertz CT molecular complexity index is 880. The van der Waals surface area contributed by atoms with Crippen molar-refractivity contribution in [2.24, 2.45) is 0 Å². The topological polar surface area (TPSA) is 56.8 Å². The lowest BCUT2D eigenvalue weighted by atomic mass is 10.1. The lowest BCUT2D eigenvalue weighted by molar-refractivity contribution is 0.0941. The van der Waals surface area contributed by atoms with Crippen LogP contribution >= 0.6 is 0 Å². The fraction of sp³-hybridized carbons (Fsp3) is 0.190. The van der Waals surface area contributed by atoms with E-state index < -0.39 is 0 Å². The van der Waals surface area contributed by atoms with Crippen LogP contribution in [0.4, 0.5) is 0 Å². The highest BCUT2D eigenvalue weighted by molar-refractivity contribution is 5.99. The molecule has 0 aromatic heterocycles. The quantitative estimate of drug-likeness (QED) is 0.660. The highest BCUT2D eigenvalue weighted by Gasteiger charge is 2.17. The Morgan fingerprint density at radius 1 is 0.846 bits per heavy atom.